The molecule has 0 aliphatic carbocycles. The van der Waals surface area contributed by atoms with Crippen molar-refractivity contribution < 1.29 is 9.18 Å². The smallest absolute Gasteiger partial charge is 0.230 e. The third kappa shape index (κ3) is 6.99. The fraction of sp³-hybridized carbons (Fsp3) is 0.429. The molecule has 0 saturated heterocycles. The van der Waals surface area contributed by atoms with Gasteiger partial charge in [-0.2, -0.15) is 0 Å². The summed E-state index contributed by atoms with van der Waals surface area (Å²) >= 11 is 7.88. The van der Waals surface area contributed by atoms with Gasteiger partial charge in [-0.3, -0.25) is 9.79 Å². The van der Waals surface area contributed by atoms with Gasteiger partial charge >= 0.3 is 0 Å². The molecule has 0 saturated carbocycles. The Kier molecular flexibility index (Phi) is 9.06. The van der Waals surface area contributed by atoms with Gasteiger partial charge in [-0.05, 0) is 61.3 Å². The molecule has 7 heteroatoms. The lowest BCUT2D eigenvalue weighted by atomic mass is 10.1. The molecule has 1 aliphatic heterocycles. The van der Waals surface area contributed by atoms with Crippen LogP contribution in [-0.4, -0.2) is 37.5 Å². The highest BCUT2D eigenvalue weighted by atomic mass is 35.5. The van der Waals surface area contributed by atoms with Crippen LogP contribution in [-0.2, 0) is 11.2 Å². The van der Waals surface area contributed by atoms with Crippen LogP contribution in [0, 0.1) is 5.82 Å². The van der Waals surface area contributed by atoms with Gasteiger partial charge in [-0.25, -0.2) is 4.39 Å². The Morgan fingerprint density at radius 3 is 3.00 bits per heavy atom. The van der Waals surface area contributed by atoms with Crippen LogP contribution in [0.1, 0.15) is 32.3 Å². The molecule has 28 heavy (non-hydrogen) atoms. The van der Waals surface area contributed by atoms with Gasteiger partial charge in [0.05, 0.1) is 16.5 Å². The topological polar surface area (TPSA) is 53.5 Å². The maximum Gasteiger partial charge on any atom is 0.230 e. The van der Waals surface area contributed by atoms with Crippen molar-refractivity contribution in [1.82, 2.24) is 10.6 Å². The molecular formula is C21H27ClFN3OS. The number of allylic oxidation sites excluding steroid dienone is 3. The van der Waals surface area contributed by atoms with Crippen molar-refractivity contribution in [3.63, 3.8) is 0 Å². The first kappa shape index (κ1) is 22.5. The van der Waals surface area contributed by atoms with Gasteiger partial charge in [0.2, 0.25) is 5.91 Å². The SMILES string of the molecule is C/N=C\C(Cl)=C1/NCCCC(SCC(=O)N[C@H](C)Cc2cccc(F)c2)=C1C. The van der Waals surface area contributed by atoms with E-state index in [1.165, 1.54) is 12.1 Å². The minimum Gasteiger partial charge on any atom is -0.384 e. The van der Waals surface area contributed by atoms with E-state index in [9.17, 15) is 9.18 Å². The number of nitrogens with one attached hydrogen (secondary N) is 2. The minimum absolute atomic E-state index is 0.0295. The molecule has 0 spiro atoms. The number of halogens is 2. The zero-order chi connectivity index (χ0) is 20.5. The third-order valence-corrected chi connectivity index (χ3v) is 5.92. The van der Waals surface area contributed by atoms with Crippen LogP contribution in [0.15, 0.2) is 50.5 Å². The zero-order valence-electron chi connectivity index (χ0n) is 16.5. The molecule has 1 amide bonds. The fourth-order valence-corrected chi connectivity index (χ4v) is 4.38. The van der Waals surface area contributed by atoms with Crippen molar-refractivity contribution in [3.05, 3.63) is 56.9 Å². The highest BCUT2D eigenvalue weighted by Crippen LogP contribution is 2.31. The summed E-state index contributed by atoms with van der Waals surface area (Å²) in [6, 6.07) is 6.41. The maximum absolute atomic E-state index is 13.3. The molecule has 1 aliphatic rings. The molecule has 4 nitrogen and oxygen atoms in total. The summed E-state index contributed by atoms with van der Waals surface area (Å²) in [7, 11) is 1.68. The van der Waals surface area contributed by atoms with Crippen molar-refractivity contribution in [2.24, 2.45) is 4.99 Å². The second-order valence-electron chi connectivity index (χ2n) is 6.78. The number of amides is 1. The van der Waals surface area contributed by atoms with Gasteiger partial charge in [0.1, 0.15) is 5.82 Å². The normalized spacial score (nSPS) is 17.9. The van der Waals surface area contributed by atoms with Crippen LogP contribution < -0.4 is 10.6 Å². The number of nitrogens with zero attached hydrogens (tertiary/aromatic N) is 1. The van der Waals surface area contributed by atoms with Crippen LogP contribution >= 0.6 is 23.4 Å². The second-order valence-corrected chi connectivity index (χ2v) is 8.26. The Hall–Kier alpha value is -1.79. The van der Waals surface area contributed by atoms with Gasteiger partial charge < -0.3 is 10.6 Å². The number of benzene rings is 1. The van der Waals surface area contributed by atoms with E-state index in [2.05, 4.69) is 15.6 Å². The van der Waals surface area contributed by atoms with Crippen molar-refractivity contribution in [3.8, 4) is 0 Å². The fourth-order valence-electron chi connectivity index (χ4n) is 3.08. The second kappa shape index (κ2) is 11.3. The lowest BCUT2D eigenvalue weighted by Crippen LogP contribution is -2.35. The van der Waals surface area contributed by atoms with E-state index in [0.29, 0.717) is 17.2 Å². The molecule has 2 rings (SSSR count). The number of aliphatic imine (C=N–C) groups is 1. The number of carbonyl (C=O) groups is 1. The van der Waals surface area contributed by atoms with Crippen LogP contribution in [0.4, 0.5) is 4.39 Å². The molecule has 0 bridgehead atoms. The van der Waals surface area contributed by atoms with Gasteiger partial charge in [0.25, 0.3) is 0 Å². The monoisotopic (exact) mass is 423 g/mol. The highest BCUT2D eigenvalue weighted by Gasteiger charge is 2.17. The number of carbonyl (C=O) groups excluding carboxylic acids is 1. The van der Waals surface area contributed by atoms with E-state index in [-0.39, 0.29) is 17.8 Å². The average Bonchev–Trinajstić information content (AvgIpc) is 2.81. The molecule has 1 heterocycles. The first-order valence-corrected chi connectivity index (χ1v) is 10.7. The van der Waals surface area contributed by atoms with E-state index >= 15 is 0 Å². The Bertz CT molecular complexity index is 792. The zero-order valence-corrected chi connectivity index (χ0v) is 18.1. The minimum atomic E-state index is -0.258. The van der Waals surface area contributed by atoms with Gasteiger partial charge in [0.15, 0.2) is 0 Å². The Balaban J connectivity index is 1.94. The summed E-state index contributed by atoms with van der Waals surface area (Å²) in [4.78, 5) is 17.5. The largest absolute Gasteiger partial charge is 0.384 e. The van der Waals surface area contributed by atoms with Crippen molar-refractivity contribution in [2.45, 2.75) is 39.2 Å². The van der Waals surface area contributed by atoms with E-state index in [0.717, 1.165) is 41.1 Å². The standard InChI is InChI=1S/C21H27ClFN3OS/c1-14(10-16-6-4-7-17(23)11-16)26-20(27)13-28-19-8-5-9-25-21(15(19)2)18(22)12-24-3/h4,6-7,11-12,14,25H,5,8-10,13H2,1-3H3,(H,26,27)/b21-18+,24-12-/t14-/m1/s1. The van der Waals surface area contributed by atoms with Gasteiger partial charge in [-0.1, -0.05) is 23.7 Å². The Morgan fingerprint density at radius 1 is 1.50 bits per heavy atom. The van der Waals surface area contributed by atoms with E-state index in [4.69, 9.17) is 11.6 Å². The number of hydrogen-bond acceptors (Lipinski definition) is 4. The molecule has 1 aromatic rings. The summed E-state index contributed by atoms with van der Waals surface area (Å²) in [5, 5.41) is 6.92. The van der Waals surface area contributed by atoms with Crippen molar-refractivity contribution in [2.75, 3.05) is 19.3 Å². The molecule has 152 valence electrons. The predicted molar refractivity (Wildman–Crippen MR) is 117 cm³/mol. The molecular weight excluding hydrogens is 397 g/mol. The summed E-state index contributed by atoms with van der Waals surface area (Å²) in [6.45, 7) is 4.78. The molecule has 1 aromatic carbocycles. The highest BCUT2D eigenvalue weighted by molar-refractivity contribution is 8.03. The van der Waals surface area contributed by atoms with Crippen molar-refractivity contribution >= 4 is 35.5 Å². The molecule has 0 aromatic heterocycles. The van der Waals surface area contributed by atoms with Crippen molar-refractivity contribution in [1.29, 1.82) is 0 Å². The van der Waals surface area contributed by atoms with Gasteiger partial charge in [0, 0.05) is 25.8 Å². The molecule has 1 atom stereocenters. The first-order chi connectivity index (χ1) is 13.4. The lowest BCUT2D eigenvalue weighted by molar-refractivity contribution is -0.119. The van der Waals surface area contributed by atoms with E-state index in [1.54, 1.807) is 31.1 Å². The van der Waals surface area contributed by atoms with E-state index < -0.39 is 0 Å². The molecule has 0 unspecified atom stereocenters. The first-order valence-electron chi connectivity index (χ1n) is 9.33. The predicted octanol–water partition coefficient (Wildman–Crippen LogP) is 4.41. The lowest BCUT2D eigenvalue weighted by Gasteiger charge is -2.15. The Labute approximate surface area is 175 Å². The Morgan fingerprint density at radius 2 is 2.29 bits per heavy atom. The summed E-state index contributed by atoms with van der Waals surface area (Å²) < 4.78 is 13.3. The van der Waals surface area contributed by atoms with Crippen LogP contribution in [0.3, 0.4) is 0 Å². The molecule has 2 N–H and O–H groups in total. The van der Waals surface area contributed by atoms with Crippen LogP contribution in [0.2, 0.25) is 0 Å². The van der Waals surface area contributed by atoms with Crippen LogP contribution in [0.25, 0.3) is 0 Å². The van der Waals surface area contributed by atoms with Crippen LogP contribution in [0.5, 0.6) is 0 Å². The third-order valence-electron chi connectivity index (χ3n) is 4.37. The molecule has 0 radical (unpaired) electrons. The number of thioether (sulfide) groups is 1. The quantitative estimate of drug-likeness (QED) is 0.638. The summed E-state index contributed by atoms with van der Waals surface area (Å²) in [5.41, 5.74) is 2.82. The number of hydrogen-bond donors (Lipinski definition) is 2. The maximum atomic E-state index is 13.3. The summed E-state index contributed by atoms with van der Waals surface area (Å²) in [5.74, 6) is 0.0530. The van der Waals surface area contributed by atoms with Gasteiger partial charge in [-0.15, -0.1) is 11.8 Å². The number of rotatable bonds is 7. The average molecular weight is 424 g/mol. The van der Waals surface area contributed by atoms with E-state index in [1.807, 2.05) is 19.9 Å². The molecule has 0 fully saturated rings. The summed E-state index contributed by atoms with van der Waals surface area (Å²) in [6.07, 6.45) is 4.11.